The lowest BCUT2D eigenvalue weighted by Gasteiger charge is -2.07. The molecule has 104 valence electrons. The van der Waals surface area contributed by atoms with E-state index in [2.05, 4.69) is 0 Å². The number of rotatable bonds is 3. The number of carbonyl (C=O) groups excluding carboxylic acids is 1. The molecule has 0 radical (unpaired) electrons. The highest BCUT2D eigenvalue weighted by molar-refractivity contribution is 6.10. The van der Waals surface area contributed by atoms with Gasteiger partial charge in [-0.2, -0.15) is 0 Å². The summed E-state index contributed by atoms with van der Waals surface area (Å²) < 4.78 is 4.91. The van der Waals surface area contributed by atoms with Gasteiger partial charge in [0, 0.05) is 6.07 Å². The van der Waals surface area contributed by atoms with E-state index >= 15 is 0 Å². The van der Waals surface area contributed by atoms with Crippen molar-refractivity contribution in [3.8, 4) is 17.2 Å². The summed E-state index contributed by atoms with van der Waals surface area (Å²) in [5.74, 6) is -4.10. The van der Waals surface area contributed by atoms with Gasteiger partial charge in [-0.25, -0.2) is 0 Å². The van der Waals surface area contributed by atoms with Crippen LogP contribution in [0.2, 0.25) is 0 Å². The molecule has 0 spiro atoms. The molecule has 1 aromatic carbocycles. The van der Waals surface area contributed by atoms with E-state index in [9.17, 15) is 24.9 Å². The number of hydrogen-bond donors (Lipinski definition) is 4. The standard InChI is InChI=1S/C13H10O7/c14-5-6-4-9(16)12(19)13(20-6)11(18)7-2-1-3-8(15)10(7)17/h1-4,14-15,17,19H,5H2. The zero-order chi connectivity index (χ0) is 14.9. The second kappa shape index (κ2) is 5.06. The predicted molar refractivity (Wildman–Crippen MR) is 65.8 cm³/mol. The summed E-state index contributed by atoms with van der Waals surface area (Å²) in [4.78, 5) is 23.5. The number of aromatic hydroxyl groups is 3. The first-order valence-corrected chi connectivity index (χ1v) is 5.48. The lowest BCUT2D eigenvalue weighted by Crippen LogP contribution is -2.10. The van der Waals surface area contributed by atoms with E-state index in [1.165, 1.54) is 12.1 Å². The Bertz CT molecular complexity index is 730. The molecule has 0 fully saturated rings. The highest BCUT2D eigenvalue weighted by Gasteiger charge is 2.23. The van der Waals surface area contributed by atoms with Gasteiger partial charge in [0.25, 0.3) is 0 Å². The topological polar surface area (TPSA) is 128 Å². The highest BCUT2D eigenvalue weighted by atomic mass is 16.4. The van der Waals surface area contributed by atoms with Crippen molar-refractivity contribution in [2.24, 2.45) is 0 Å². The van der Waals surface area contributed by atoms with Crippen LogP contribution in [0.3, 0.4) is 0 Å². The summed E-state index contributed by atoms with van der Waals surface area (Å²) in [6.45, 7) is -0.637. The van der Waals surface area contributed by atoms with Gasteiger partial charge in [0.2, 0.25) is 22.7 Å². The normalized spacial score (nSPS) is 10.4. The number of carbonyl (C=O) groups is 1. The predicted octanol–water partition coefficient (Wildman–Crippen LogP) is 0.480. The van der Waals surface area contributed by atoms with Crippen LogP contribution in [0.25, 0.3) is 0 Å². The average Bonchev–Trinajstić information content (AvgIpc) is 2.44. The molecule has 0 bridgehead atoms. The molecule has 2 aromatic rings. The molecule has 1 aromatic heterocycles. The number of phenolic OH excluding ortho intramolecular Hbond substituents is 2. The van der Waals surface area contributed by atoms with Crippen LogP contribution in [0, 0.1) is 0 Å². The minimum atomic E-state index is -0.997. The third kappa shape index (κ3) is 2.21. The van der Waals surface area contributed by atoms with E-state index in [0.717, 1.165) is 12.1 Å². The number of ketones is 1. The summed E-state index contributed by atoms with van der Waals surface area (Å²) in [6, 6.07) is 4.48. The maximum atomic E-state index is 12.1. The first-order valence-electron chi connectivity index (χ1n) is 5.48. The van der Waals surface area contributed by atoms with Crippen molar-refractivity contribution in [3.63, 3.8) is 0 Å². The SMILES string of the molecule is O=C(c1cccc(O)c1O)c1oc(CO)cc(=O)c1O. The van der Waals surface area contributed by atoms with Gasteiger partial charge >= 0.3 is 0 Å². The smallest absolute Gasteiger partial charge is 0.236 e. The Balaban J connectivity index is 2.62. The third-order valence-corrected chi connectivity index (χ3v) is 2.60. The van der Waals surface area contributed by atoms with Gasteiger partial charge in [0.15, 0.2) is 11.5 Å². The zero-order valence-electron chi connectivity index (χ0n) is 10.0. The Morgan fingerprint density at radius 1 is 1.15 bits per heavy atom. The Labute approximate surface area is 112 Å². The molecular formula is C13H10O7. The van der Waals surface area contributed by atoms with E-state index in [0.29, 0.717) is 0 Å². The number of phenols is 2. The molecule has 7 nitrogen and oxygen atoms in total. The quantitative estimate of drug-likeness (QED) is 0.474. The Hall–Kier alpha value is -2.80. The fraction of sp³-hybridized carbons (Fsp3) is 0.0769. The van der Waals surface area contributed by atoms with Crippen LogP contribution in [0.15, 0.2) is 33.5 Å². The van der Waals surface area contributed by atoms with E-state index in [1.54, 1.807) is 0 Å². The third-order valence-electron chi connectivity index (χ3n) is 2.60. The van der Waals surface area contributed by atoms with Crippen molar-refractivity contribution in [3.05, 3.63) is 51.6 Å². The van der Waals surface area contributed by atoms with Crippen LogP contribution in [0.4, 0.5) is 0 Å². The van der Waals surface area contributed by atoms with Gasteiger partial charge in [-0.3, -0.25) is 9.59 Å². The van der Waals surface area contributed by atoms with Crippen molar-refractivity contribution in [1.82, 2.24) is 0 Å². The van der Waals surface area contributed by atoms with Crippen LogP contribution in [0.5, 0.6) is 17.2 Å². The Morgan fingerprint density at radius 2 is 1.85 bits per heavy atom. The number of hydrogen-bond acceptors (Lipinski definition) is 7. The molecule has 0 aliphatic carbocycles. The van der Waals surface area contributed by atoms with Crippen LogP contribution in [0.1, 0.15) is 21.9 Å². The summed E-state index contributed by atoms with van der Waals surface area (Å²) in [5.41, 5.74) is -1.25. The Morgan fingerprint density at radius 3 is 2.50 bits per heavy atom. The van der Waals surface area contributed by atoms with Gasteiger partial charge in [0.05, 0.1) is 5.56 Å². The van der Waals surface area contributed by atoms with E-state index in [4.69, 9.17) is 9.52 Å². The van der Waals surface area contributed by atoms with Crippen LogP contribution in [-0.4, -0.2) is 26.2 Å². The summed E-state index contributed by atoms with van der Waals surface area (Å²) >= 11 is 0. The van der Waals surface area contributed by atoms with E-state index in [-0.39, 0.29) is 11.3 Å². The first-order chi connectivity index (χ1) is 9.45. The molecule has 1 heterocycles. The van der Waals surface area contributed by atoms with Gasteiger partial charge in [0.1, 0.15) is 12.4 Å². The second-order valence-corrected chi connectivity index (χ2v) is 3.92. The van der Waals surface area contributed by atoms with E-state index < -0.39 is 40.8 Å². The first kappa shape index (κ1) is 13.6. The molecule has 4 N–H and O–H groups in total. The summed E-state index contributed by atoms with van der Waals surface area (Å²) in [7, 11) is 0. The second-order valence-electron chi connectivity index (χ2n) is 3.92. The van der Waals surface area contributed by atoms with Crippen LogP contribution in [-0.2, 0) is 6.61 Å². The summed E-state index contributed by atoms with van der Waals surface area (Å²) in [6.07, 6.45) is 0. The van der Waals surface area contributed by atoms with Gasteiger partial charge in [-0.15, -0.1) is 0 Å². The number of aliphatic hydroxyl groups is 1. The minimum absolute atomic E-state index is 0.212. The van der Waals surface area contributed by atoms with Gasteiger partial charge in [-0.05, 0) is 12.1 Å². The molecule has 20 heavy (non-hydrogen) atoms. The largest absolute Gasteiger partial charge is 0.504 e. The summed E-state index contributed by atoms with van der Waals surface area (Å²) in [5, 5.41) is 37.4. The van der Waals surface area contributed by atoms with Crippen molar-refractivity contribution >= 4 is 5.78 Å². The zero-order valence-corrected chi connectivity index (χ0v) is 10.0. The highest BCUT2D eigenvalue weighted by Crippen LogP contribution is 2.31. The monoisotopic (exact) mass is 278 g/mol. The maximum Gasteiger partial charge on any atom is 0.236 e. The molecule has 0 aliphatic heterocycles. The Kier molecular flexibility index (Phi) is 3.45. The van der Waals surface area contributed by atoms with Gasteiger partial charge < -0.3 is 24.8 Å². The molecular weight excluding hydrogens is 268 g/mol. The lowest BCUT2D eigenvalue weighted by atomic mass is 10.1. The van der Waals surface area contributed by atoms with Gasteiger partial charge in [-0.1, -0.05) is 6.07 Å². The molecule has 2 rings (SSSR count). The number of aliphatic hydroxyl groups excluding tert-OH is 1. The molecule has 0 unspecified atom stereocenters. The average molecular weight is 278 g/mol. The van der Waals surface area contributed by atoms with Crippen molar-refractivity contribution in [2.75, 3.05) is 0 Å². The molecule has 0 saturated heterocycles. The van der Waals surface area contributed by atoms with Crippen molar-refractivity contribution in [2.45, 2.75) is 6.61 Å². The van der Waals surface area contributed by atoms with Crippen LogP contribution >= 0.6 is 0 Å². The molecule has 0 aliphatic rings. The maximum absolute atomic E-state index is 12.1. The fourth-order valence-electron chi connectivity index (χ4n) is 1.60. The number of benzene rings is 1. The molecule has 0 amide bonds. The number of para-hydroxylation sites is 1. The van der Waals surface area contributed by atoms with Crippen molar-refractivity contribution in [1.29, 1.82) is 0 Å². The van der Waals surface area contributed by atoms with Crippen molar-refractivity contribution < 1.29 is 29.6 Å². The van der Waals surface area contributed by atoms with E-state index in [1.807, 2.05) is 0 Å². The minimum Gasteiger partial charge on any atom is -0.504 e. The fourth-order valence-corrected chi connectivity index (χ4v) is 1.60. The lowest BCUT2D eigenvalue weighted by molar-refractivity contribution is 0.0992. The molecule has 7 heteroatoms. The van der Waals surface area contributed by atoms with Crippen LogP contribution < -0.4 is 5.43 Å². The molecule has 0 atom stereocenters. The molecule has 0 saturated carbocycles.